The first-order valence-electron chi connectivity index (χ1n) is 8.44. The van der Waals surface area contributed by atoms with Crippen LogP contribution in [0.2, 0.25) is 0 Å². The minimum Gasteiger partial charge on any atom is -0.276 e. The van der Waals surface area contributed by atoms with Crippen molar-refractivity contribution in [1.82, 2.24) is 25.6 Å². The largest absolute Gasteiger partial charge is 0.276 e. The summed E-state index contributed by atoms with van der Waals surface area (Å²) >= 11 is 1.25. The molecular weight excluding hydrogens is 362 g/mol. The van der Waals surface area contributed by atoms with Gasteiger partial charge in [-0.1, -0.05) is 55.1 Å². The van der Waals surface area contributed by atoms with Gasteiger partial charge in [0.2, 0.25) is 5.91 Å². The summed E-state index contributed by atoms with van der Waals surface area (Å²) in [5.41, 5.74) is 7.44. The minimum absolute atomic E-state index is 0.0993. The molecular formula is C19H19N5O2S. The van der Waals surface area contributed by atoms with Crippen LogP contribution in [0, 0.1) is 0 Å². The fourth-order valence-electron chi connectivity index (χ4n) is 2.49. The molecule has 0 atom stereocenters. The number of para-hydroxylation sites is 1. The monoisotopic (exact) mass is 381 g/mol. The van der Waals surface area contributed by atoms with Crippen molar-refractivity contribution in [2.45, 2.75) is 18.5 Å². The Morgan fingerprint density at radius 3 is 2.56 bits per heavy atom. The molecule has 1 aromatic heterocycles. The molecule has 138 valence electrons. The zero-order chi connectivity index (χ0) is 19.1. The third-order valence-corrected chi connectivity index (χ3v) is 4.78. The molecule has 3 rings (SSSR count). The lowest BCUT2D eigenvalue weighted by Gasteiger charge is -2.11. The van der Waals surface area contributed by atoms with Gasteiger partial charge in [0.25, 0.3) is 5.91 Å². The van der Waals surface area contributed by atoms with Crippen LogP contribution in [0.1, 0.15) is 22.8 Å². The molecule has 0 aliphatic carbocycles. The third kappa shape index (κ3) is 4.73. The summed E-state index contributed by atoms with van der Waals surface area (Å²) in [4.78, 5) is 24.0. The maximum atomic E-state index is 12.0. The number of benzene rings is 2. The second-order valence-electron chi connectivity index (χ2n) is 5.62. The Balaban J connectivity index is 1.57. The fraction of sp³-hybridized carbons (Fsp3) is 0.158. The van der Waals surface area contributed by atoms with E-state index in [1.54, 1.807) is 30.6 Å². The van der Waals surface area contributed by atoms with Crippen molar-refractivity contribution in [1.29, 1.82) is 0 Å². The Bertz CT molecular complexity index is 927. The average Bonchev–Trinajstić information content (AvgIpc) is 3.19. The van der Waals surface area contributed by atoms with Gasteiger partial charge in [0.05, 0.1) is 11.4 Å². The van der Waals surface area contributed by atoms with E-state index in [1.165, 1.54) is 17.3 Å². The lowest BCUT2D eigenvalue weighted by molar-refractivity contribution is -0.119. The minimum atomic E-state index is -0.367. The summed E-state index contributed by atoms with van der Waals surface area (Å²) in [5.74, 6) is -0.598. The lowest BCUT2D eigenvalue weighted by atomic mass is 10.1. The van der Waals surface area contributed by atoms with Crippen LogP contribution in [0.25, 0.3) is 5.69 Å². The van der Waals surface area contributed by atoms with Crippen molar-refractivity contribution < 1.29 is 9.59 Å². The summed E-state index contributed by atoms with van der Waals surface area (Å²) in [6.45, 7) is 2.08. The standard InChI is InChI=1S/C19H19N5O2S/c1-2-14-8-6-7-11-16(14)24-13-20-23-19(24)27-12-17(25)21-22-18(26)15-9-4-3-5-10-15/h3-11,13H,2,12H2,1H3,(H,21,25)(H,22,26). The highest BCUT2D eigenvalue weighted by Gasteiger charge is 2.13. The van der Waals surface area contributed by atoms with Gasteiger partial charge < -0.3 is 0 Å². The van der Waals surface area contributed by atoms with E-state index in [0.717, 1.165) is 12.1 Å². The number of carbonyl (C=O) groups excluding carboxylic acids is 2. The van der Waals surface area contributed by atoms with E-state index in [4.69, 9.17) is 0 Å². The van der Waals surface area contributed by atoms with Gasteiger partial charge in [-0.2, -0.15) is 0 Å². The number of nitrogens with one attached hydrogen (secondary N) is 2. The van der Waals surface area contributed by atoms with E-state index in [0.29, 0.717) is 10.7 Å². The Morgan fingerprint density at radius 2 is 1.78 bits per heavy atom. The Hall–Kier alpha value is -3.13. The fourth-order valence-corrected chi connectivity index (χ4v) is 3.21. The Morgan fingerprint density at radius 1 is 1.04 bits per heavy atom. The number of hydrazine groups is 1. The van der Waals surface area contributed by atoms with Crippen LogP contribution in [-0.2, 0) is 11.2 Å². The number of aryl methyl sites for hydroxylation is 1. The second kappa shape index (κ2) is 9.00. The van der Waals surface area contributed by atoms with Crippen LogP contribution in [0.15, 0.2) is 66.1 Å². The number of rotatable bonds is 6. The van der Waals surface area contributed by atoms with E-state index < -0.39 is 0 Å². The van der Waals surface area contributed by atoms with Crippen LogP contribution in [0.3, 0.4) is 0 Å². The molecule has 0 spiro atoms. The van der Waals surface area contributed by atoms with E-state index in [9.17, 15) is 9.59 Å². The number of nitrogens with zero attached hydrogens (tertiary/aromatic N) is 3. The van der Waals surface area contributed by atoms with Gasteiger partial charge in [-0.05, 0) is 30.2 Å². The summed E-state index contributed by atoms with van der Waals surface area (Å²) in [6, 6.07) is 16.7. The maximum absolute atomic E-state index is 12.0. The number of hydrogen-bond donors (Lipinski definition) is 2. The molecule has 27 heavy (non-hydrogen) atoms. The first-order valence-corrected chi connectivity index (χ1v) is 9.43. The number of aromatic nitrogens is 3. The molecule has 1 heterocycles. The van der Waals surface area contributed by atoms with Gasteiger partial charge >= 0.3 is 0 Å². The highest BCUT2D eigenvalue weighted by atomic mass is 32.2. The number of carbonyl (C=O) groups is 2. The van der Waals surface area contributed by atoms with E-state index in [2.05, 4.69) is 34.0 Å². The zero-order valence-corrected chi connectivity index (χ0v) is 15.6. The van der Waals surface area contributed by atoms with E-state index in [1.807, 2.05) is 28.8 Å². The molecule has 0 saturated carbocycles. The van der Waals surface area contributed by atoms with Gasteiger partial charge in [0, 0.05) is 5.56 Å². The van der Waals surface area contributed by atoms with Gasteiger partial charge in [-0.3, -0.25) is 25.0 Å². The van der Waals surface area contributed by atoms with Gasteiger partial charge in [-0.15, -0.1) is 10.2 Å². The zero-order valence-electron chi connectivity index (χ0n) is 14.8. The quantitative estimate of drug-likeness (QED) is 0.506. The predicted molar refractivity (Wildman–Crippen MR) is 104 cm³/mol. The van der Waals surface area contributed by atoms with Crippen molar-refractivity contribution in [3.8, 4) is 5.69 Å². The van der Waals surface area contributed by atoms with E-state index in [-0.39, 0.29) is 17.6 Å². The van der Waals surface area contributed by atoms with Crippen LogP contribution in [0.5, 0.6) is 0 Å². The molecule has 3 aromatic rings. The van der Waals surface area contributed by atoms with Crippen LogP contribution >= 0.6 is 11.8 Å². The van der Waals surface area contributed by atoms with Crippen molar-refractivity contribution in [2.75, 3.05) is 5.75 Å². The van der Waals surface area contributed by atoms with E-state index >= 15 is 0 Å². The molecule has 7 nitrogen and oxygen atoms in total. The van der Waals surface area contributed by atoms with Crippen LogP contribution in [-0.4, -0.2) is 32.3 Å². The smallest absolute Gasteiger partial charge is 0.269 e. The summed E-state index contributed by atoms with van der Waals surface area (Å²) in [7, 11) is 0. The van der Waals surface area contributed by atoms with Crippen molar-refractivity contribution >= 4 is 23.6 Å². The molecule has 0 saturated heterocycles. The lowest BCUT2D eigenvalue weighted by Crippen LogP contribution is -2.42. The van der Waals surface area contributed by atoms with Gasteiger partial charge in [-0.25, -0.2) is 0 Å². The molecule has 0 fully saturated rings. The second-order valence-corrected chi connectivity index (χ2v) is 6.57. The molecule has 2 N–H and O–H groups in total. The van der Waals surface area contributed by atoms with Crippen LogP contribution in [0.4, 0.5) is 0 Å². The molecule has 0 unspecified atom stereocenters. The van der Waals surface area contributed by atoms with Crippen LogP contribution < -0.4 is 10.9 Å². The summed E-state index contributed by atoms with van der Waals surface area (Å²) in [6.07, 6.45) is 2.51. The molecule has 0 radical (unpaired) electrons. The predicted octanol–water partition coefficient (Wildman–Crippen LogP) is 2.38. The number of thioether (sulfide) groups is 1. The third-order valence-electron chi connectivity index (χ3n) is 3.83. The molecule has 0 aliphatic rings. The summed E-state index contributed by atoms with van der Waals surface area (Å²) < 4.78 is 1.86. The van der Waals surface area contributed by atoms with Gasteiger partial charge in [0.15, 0.2) is 5.16 Å². The maximum Gasteiger partial charge on any atom is 0.269 e. The van der Waals surface area contributed by atoms with Crippen molar-refractivity contribution in [2.24, 2.45) is 0 Å². The first kappa shape index (κ1) is 18.7. The molecule has 0 bridgehead atoms. The highest BCUT2D eigenvalue weighted by molar-refractivity contribution is 7.99. The summed E-state index contributed by atoms with van der Waals surface area (Å²) in [5, 5.41) is 8.66. The highest BCUT2D eigenvalue weighted by Crippen LogP contribution is 2.22. The average molecular weight is 381 g/mol. The molecule has 2 amide bonds. The number of hydrogen-bond acceptors (Lipinski definition) is 5. The topological polar surface area (TPSA) is 88.9 Å². The van der Waals surface area contributed by atoms with Gasteiger partial charge in [0.1, 0.15) is 6.33 Å². The SMILES string of the molecule is CCc1ccccc1-n1cnnc1SCC(=O)NNC(=O)c1ccccc1. The Labute approximate surface area is 161 Å². The van der Waals surface area contributed by atoms with Crippen molar-refractivity contribution in [3.63, 3.8) is 0 Å². The number of amides is 2. The first-order chi connectivity index (χ1) is 13.2. The normalized spacial score (nSPS) is 10.4. The molecule has 2 aromatic carbocycles. The molecule has 0 aliphatic heterocycles. The molecule has 8 heteroatoms. The van der Waals surface area contributed by atoms with Crippen molar-refractivity contribution in [3.05, 3.63) is 72.1 Å². The Kier molecular flexibility index (Phi) is 6.22.